The van der Waals surface area contributed by atoms with E-state index in [9.17, 15) is 14.4 Å². The van der Waals surface area contributed by atoms with Crippen LogP contribution in [0.4, 0.5) is 0 Å². The SMILES string of the molecule is COc1ccc(C(=O)NNC(=O)CSc2nc3sc4c(c3c(=O)n2-c2ccc(Cl)cc2)CCCC4)cc1. The van der Waals surface area contributed by atoms with E-state index < -0.39 is 11.8 Å². The van der Waals surface area contributed by atoms with Crippen LogP contribution in [0.5, 0.6) is 5.75 Å². The first-order valence-electron chi connectivity index (χ1n) is 11.6. The van der Waals surface area contributed by atoms with Crippen LogP contribution in [0, 0.1) is 0 Å². The van der Waals surface area contributed by atoms with Crippen LogP contribution in [0.2, 0.25) is 5.02 Å². The molecule has 1 aliphatic rings. The number of benzene rings is 2. The molecule has 1 aliphatic carbocycles. The summed E-state index contributed by atoms with van der Waals surface area (Å²) in [5, 5.41) is 1.62. The molecule has 2 N–H and O–H groups in total. The summed E-state index contributed by atoms with van der Waals surface area (Å²) >= 11 is 8.76. The van der Waals surface area contributed by atoms with Crippen LogP contribution in [0.3, 0.4) is 0 Å². The molecule has 190 valence electrons. The number of ether oxygens (including phenoxy) is 1. The zero-order valence-corrected chi connectivity index (χ0v) is 22.3. The average molecular weight is 555 g/mol. The van der Waals surface area contributed by atoms with Crippen molar-refractivity contribution in [1.29, 1.82) is 0 Å². The van der Waals surface area contributed by atoms with Gasteiger partial charge in [0.05, 0.1) is 23.9 Å². The van der Waals surface area contributed by atoms with Crippen LogP contribution in [0.15, 0.2) is 58.5 Å². The first-order valence-corrected chi connectivity index (χ1v) is 13.8. The lowest BCUT2D eigenvalue weighted by Crippen LogP contribution is -2.42. The van der Waals surface area contributed by atoms with Gasteiger partial charge in [0, 0.05) is 15.5 Å². The zero-order chi connectivity index (χ0) is 25.9. The van der Waals surface area contributed by atoms with Crippen molar-refractivity contribution in [3.05, 3.63) is 79.9 Å². The molecule has 0 saturated carbocycles. The second kappa shape index (κ2) is 11.0. The fourth-order valence-corrected chi connectivity index (χ4v) is 6.45. The Morgan fingerprint density at radius 1 is 1.08 bits per heavy atom. The number of methoxy groups -OCH3 is 1. The predicted molar refractivity (Wildman–Crippen MR) is 146 cm³/mol. The molecular weight excluding hydrogens is 532 g/mol. The summed E-state index contributed by atoms with van der Waals surface area (Å²) in [5.41, 5.74) is 6.77. The molecule has 2 aromatic carbocycles. The molecule has 2 amide bonds. The Hall–Kier alpha value is -3.34. The van der Waals surface area contributed by atoms with E-state index in [-0.39, 0.29) is 11.3 Å². The number of hydrazine groups is 1. The molecule has 0 atom stereocenters. The average Bonchev–Trinajstić information content (AvgIpc) is 3.30. The molecule has 11 heteroatoms. The molecule has 0 radical (unpaired) electrons. The quantitative estimate of drug-likeness (QED) is 0.206. The molecule has 0 spiro atoms. The lowest BCUT2D eigenvalue weighted by molar-refractivity contribution is -0.119. The Kier molecular flexibility index (Phi) is 7.50. The molecule has 0 aliphatic heterocycles. The van der Waals surface area contributed by atoms with E-state index in [1.54, 1.807) is 67.0 Å². The van der Waals surface area contributed by atoms with Crippen molar-refractivity contribution >= 4 is 56.7 Å². The lowest BCUT2D eigenvalue weighted by atomic mass is 9.97. The van der Waals surface area contributed by atoms with Crippen molar-refractivity contribution in [3.63, 3.8) is 0 Å². The lowest BCUT2D eigenvalue weighted by Gasteiger charge is -2.14. The van der Waals surface area contributed by atoms with Gasteiger partial charge in [-0.05, 0) is 79.8 Å². The fourth-order valence-electron chi connectivity index (χ4n) is 4.21. The Morgan fingerprint density at radius 2 is 1.81 bits per heavy atom. The number of carbonyl (C=O) groups excluding carboxylic acids is 2. The molecule has 4 aromatic rings. The highest BCUT2D eigenvalue weighted by molar-refractivity contribution is 7.99. The number of carbonyl (C=O) groups is 2. The fraction of sp³-hybridized carbons (Fsp3) is 0.231. The summed E-state index contributed by atoms with van der Waals surface area (Å²) < 4.78 is 6.62. The van der Waals surface area contributed by atoms with E-state index in [0.717, 1.165) is 43.0 Å². The highest BCUT2D eigenvalue weighted by Gasteiger charge is 2.23. The summed E-state index contributed by atoms with van der Waals surface area (Å²) in [6.07, 6.45) is 3.98. The molecule has 37 heavy (non-hydrogen) atoms. The molecule has 0 saturated heterocycles. The summed E-state index contributed by atoms with van der Waals surface area (Å²) in [6.45, 7) is 0. The number of halogens is 1. The van der Waals surface area contributed by atoms with E-state index in [0.29, 0.717) is 37.4 Å². The standard InChI is InChI=1S/C26H23ClN4O4S2/c1-35-18-12-6-15(7-13-18)23(33)30-29-21(32)14-36-26-28-24-22(19-4-2-3-5-20(19)37-24)25(34)31(26)17-10-8-16(27)9-11-17/h6-13H,2-5,14H2,1H3,(H,29,32)(H,30,33). The molecule has 8 nitrogen and oxygen atoms in total. The van der Waals surface area contributed by atoms with Gasteiger partial charge in [-0.1, -0.05) is 23.4 Å². The minimum atomic E-state index is -0.456. The van der Waals surface area contributed by atoms with Crippen molar-refractivity contribution in [2.75, 3.05) is 12.9 Å². The monoisotopic (exact) mass is 554 g/mol. The Bertz CT molecular complexity index is 1530. The van der Waals surface area contributed by atoms with Gasteiger partial charge in [-0.3, -0.25) is 29.8 Å². The number of rotatable bonds is 6. The van der Waals surface area contributed by atoms with E-state index in [1.165, 1.54) is 9.44 Å². The third kappa shape index (κ3) is 5.36. The number of aryl methyl sites for hydroxylation is 2. The maximum Gasteiger partial charge on any atom is 0.269 e. The van der Waals surface area contributed by atoms with Crippen LogP contribution in [0.25, 0.3) is 15.9 Å². The number of amides is 2. The summed E-state index contributed by atoms with van der Waals surface area (Å²) in [4.78, 5) is 45.4. The van der Waals surface area contributed by atoms with Gasteiger partial charge < -0.3 is 4.74 Å². The molecule has 0 fully saturated rings. The molecular formula is C26H23ClN4O4S2. The van der Waals surface area contributed by atoms with Gasteiger partial charge in [0.1, 0.15) is 10.6 Å². The first-order chi connectivity index (χ1) is 17.9. The van der Waals surface area contributed by atoms with Gasteiger partial charge >= 0.3 is 0 Å². The van der Waals surface area contributed by atoms with Crippen LogP contribution < -0.4 is 21.1 Å². The number of hydrogen-bond acceptors (Lipinski definition) is 7. The van der Waals surface area contributed by atoms with E-state index in [1.807, 2.05) is 0 Å². The molecule has 2 aromatic heterocycles. The van der Waals surface area contributed by atoms with E-state index in [4.69, 9.17) is 21.3 Å². The van der Waals surface area contributed by atoms with Crippen LogP contribution in [-0.2, 0) is 17.6 Å². The number of nitrogens with zero attached hydrogens (tertiary/aromatic N) is 2. The van der Waals surface area contributed by atoms with Crippen molar-refractivity contribution < 1.29 is 14.3 Å². The number of fused-ring (bicyclic) bond motifs is 3. The van der Waals surface area contributed by atoms with Gasteiger partial charge in [-0.2, -0.15) is 0 Å². The summed E-state index contributed by atoms with van der Waals surface area (Å²) in [6, 6.07) is 13.5. The first kappa shape index (κ1) is 25.3. The minimum Gasteiger partial charge on any atom is -0.497 e. The predicted octanol–water partition coefficient (Wildman–Crippen LogP) is 4.54. The topological polar surface area (TPSA) is 102 Å². The number of thioether (sulfide) groups is 1. The van der Waals surface area contributed by atoms with Crippen LogP contribution >= 0.6 is 34.7 Å². The molecule has 2 heterocycles. The van der Waals surface area contributed by atoms with Crippen molar-refractivity contribution in [3.8, 4) is 11.4 Å². The number of thiophene rings is 1. The van der Waals surface area contributed by atoms with Gasteiger partial charge in [0.15, 0.2) is 5.16 Å². The number of hydrogen-bond donors (Lipinski definition) is 2. The minimum absolute atomic E-state index is 0.0560. The third-order valence-corrected chi connectivity index (χ3v) is 8.42. The smallest absolute Gasteiger partial charge is 0.269 e. The maximum atomic E-state index is 13.7. The summed E-state index contributed by atoms with van der Waals surface area (Å²) in [5.74, 6) is -0.323. The van der Waals surface area contributed by atoms with Crippen LogP contribution in [-0.4, -0.2) is 34.2 Å². The van der Waals surface area contributed by atoms with Gasteiger partial charge in [-0.25, -0.2) is 4.98 Å². The third-order valence-electron chi connectivity index (χ3n) is 6.04. The number of aromatic nitrogens is 2. The second-order valence-electron chi connectivity index (χ2n) is 8.42. The van der Waals surface area contributed by atoms with Gasteiger partial charge in [-0.15, -0.1) is 11.3 Å². The van der Waals surface area contributed by atoms with Crippen molar-refractivity contribution in [1.82, 2.24) is 20.4 Å². The maximum absolute atomic E-state index is 13.7. The van der Waals surface area contributed by atoms with Crippen LogP contribution in [0.1, 0.15) is 33.6 Å². The van der Waals surface area contributed by atoms with Crippen molar-refractivity contribution in [2.24, 2.45) is 0 Å². The highest BCUT2D eigenvalue weighted by atomic mass is 35.5. The van der Waals surface area contributed by atoms with Crippen molar-refractivity contribution in [2.45, 2.75) is 30.8 Å². The number of nitrogens with one attached hydrogen (secondary N) is 2. The molecule has 5 rings (SSSR count). The zero-order valence-electron chi connectivity index (χ0n) is 19.9. The largest absolute Gasteiger partial charge is 0.497 e. The summed E-state index contributed by atoms with van der Waals surface area (Å²) in [7, 11) is 1.54. The highest BCUT2D eigenvalue weighted by Crippen LogP contribution is 2.35. The molecule has 0 bridgehead atoms. The van der Waals surface area contributed by atoms with Gasteiger partial charge in [0.2, 0.25) is 5.91 Å². The normalized spacial score (nSPS) is 12.7. The Labute approximate surface area is 226 Å². The molecule has 0 unspecified atom stereocenters. The van der Waals surface area contributed by atoms with E-state index in [2.05, 4.69) is 10.9 Å². The Balaban J connectivity index is 1.37. The Morgan fingerprint density at radius 3 is 2.54 bits per heavy atom. The van der Waals surface area contributed by atoms with Gasteiger partial charge in [0.25, 0.3) is 11.5 Å². The second-order valence-corrected chi connectivity index (χ2v) is 10.9. The van der Waals surface area contributed by atoms with E-state index >= 15 is 0 Å².